The van der Waals surface area contributed by atoms with Crippen LogP contribution in [0.3, 0.4) is 0 Å². The summed E-state index contributed by atoms with van der Waals surface area (Å²) in [6, 6.07) is 10.4. The van der Waals surface area contributed by atoms with Gasteiger partial charge in [-0.05, 0) is 93.6 Å². The van der Waals surface area contributed by atoms with Crippen molar-refractivity contribution in [3.63, 3.8) is 0 Å². The SMILES string of the molecule is CC(=O)Oc1c(C)c(C)c2c(c1C)CCC(C)(COc1ccc(NC(=O)c3ccc(Cl)nc3)cc1)O2. The van der Waals surface area contributed by atoms with E-state index in [9.17, 15) is 9.59 Å². The van der Waals surface area contributed by atoms with E-state index in [1.165, 1.54) is 13.1 Å². The molecule has 0 radical (unpaired) electrons. The highest BCUT2D eigenvalue weighted by atomic mass is 35.5. The Labute approximate surface area is 215 Å². The van der Waals surface area contributed by atoms with Crippen LogP contribution >= 0.6 is 11.6 Å². The molecule has 0 bridgehead atoms. The quantitative estimate of drug-likeness (QED) is 0.249. The number of nitrogens with one attached hydrogen (secondary N) is 1. The molecule has 2 aromatic carbocycles. The summed E-state index contributed by atoms with van der Waals surface area (Å²) in [7, 11) is 0. The first-order valence-electron chi connectivity index (χ1n) is 11.7. The van der Waals surface area contributed by atoms with E-state index in [1.807, 2.05) is 27.7 Å². The molecule has 7 nitrogen and oxygen atoms in total. The van der Waals surface area contributed by atoms with E-state index in [4.69, 9.17) is 25.8 Å². The summed E-state index contributed by atoms with van der Waals surface area (Å²) in [5.41, 5.74) is 4.42. The third-order valence-electron chi connectivity index (χ3n) is 6.46. The molecule has 8 heteroatoms. The predicted molar refractivity (Wildman–Crippen MR) is 138 cm³/mol. The number of halogens is 1. The van der Waals surface area contributed by atoms with Gasteiger partial charge in [0.05, 0.1) is 5.56 Å². The van der Waals surface area contributed by atoms with Gasteiger partial charge < -0.3 is 19.5 Å². The molecule has 1 aliphatic heterocycles. The van der Waals surface area contributed by atoms with Gasteiger partial charge in [0.15, 0.2) is 0 Å². The Morgan fingerprint density at radius 1 is 1.08 bits per heavy atom. The molecule has 188 valence electrons. The van der Waals surface area contributed by atoms with Crippen molar-refractivity contribution in [1.82, 2.24) is 4.98 Å². The first-order chi connectivity index (χ1) is 17.1. The predicted octanol–water partition coefficient (Wildman–Crippen LogP) is 6.00. The minimum atomic E-state index is -0.520. The van der Waals surface area contributed by atoms with E-state index < -0.39 is 5.60 Å². The van der Waals surface area contributed by atoms with Crippen molar-refractivity contribution in [2.75, 3.05) is 11.9 Å². The van der Waals surface area contributed by atoms with Crippen molar-refractivity contribution in [2.45, 2.75) is 53.1 Å². The highest BCUT2D eigenvalue weighted by Gasteiger charge is 2.35. The number of carbonyl (C=O) groups is 2. The topological polar surface area (TPSA) is 86.8 Å². The van der Waals surface area contributed by atoms with Gasteiger partial charge in [0, 0.05) is 24.4 Å². The number of ether oxygens (including phenoxy) is 3. The molecule has 36 heavy (non-hydrogen) atoms. The van der Waals surface area contributed by atoms with Gasteiger partial charge >= 0.3 is 5.97 Å². The fourth-order valence-electron chi connectivity index (χ4n) is 4.26. The summed E-state index contributed by atoms with van der Waals surface area (Å²) in [6.07, 6.45) is 2.98. The molecular weight excluding hydrogens is 480 g/mol. The molecule has 4 rings (SSSR count). The molecule has 1 unspecified atom stereocenters. The van der Waals surface area contributed by atoms with Gasteiger partial charge in [-0.25, -0.2) is 4.98 Å². The summed E-state index contributed by atoms with van der Waals surface area (Å²) >= 11 is 5.78. The maximum absolute atomic E-state index is 12.4. The Hall–Kier alpha value is -3.58. The Morgan fingerprint density at radius 2 is 1.81 bits per heavy atom. The van der Waals surface area contributed by atoms with Gasteiger partial charge in [0.1, 0.15) is 34.6 Å². The van der Waals surface area contributed by atoms with Crippen LogP contribution in [-0.2, 0) is 11.2 Å². The molecule has 1 aliphatic rings. The summed E-state index contributed by atoms with van der Waals surface area (Å²) in [5, 5.41) is 3.16. The van der Waals surface area contributed by atoms with Gasteiger partial charge in [-0.3, -0.25) is 9.59 Å². The Kier molecular flexibility index (Phi) is 7.22. The first kappa shape index (κ1) is 25.5. The molecule has 0 saturated heterocycles. The van der Waals surface area contributed by atoms with Gasteiger partial charge in [0.25, 0.3) is 5.91 Å². The van der Waals surface area contributed by atoms with Crippen molar-refractivity contribution in [3.05, 3.63) is 75.6 Å². The molecule has 1 N–H and O–H groups in total. The number of nitrogens with zero attached hydrogens (tertiary/aromatic N) is 1. The largest absolute Gasteiger partial charge is 0.489 e. The van der Waals surface area contributed by atoms with Gasteiger partial charge in [-0.2, -0.15) is 0 Å². The number of rotatable bonds is 6. The van der Waals surface area contributed by atoms with Crippen molar-refractivity contribution < 1.29 is 23.8 Å². The van der Waals surface area contributed by atoms with Gasteiger partial charge in [-0.1, -0.05) is 11.6 Å². The third kappa shape index (κ3) is 5.46. The van der Waals surface area contributed by atoms with Crippen LogP contribution in [0.15, 0.2) is 42.6 Å². The van der Waals surface area contributed by atoms with Gasteiger partial charge in [0.2, 0.25) is 0 Å². The number of amides is 1. The zero-order valence-corrected chi connectivity index (χ0v) is 21.8. The third-order valence-corrected chi connectivity index (χ3v) is 6.68. The highest BCUT2D eigenvalue weighted by molar-refractivity contribution is 6.29. The average Bonchev–Trinajstić information content (AvgIpc) is 2.85. The van der Waals surface area contributed by atoms with E-state index >= 15 is 0 Å². The second kappa shape index (κ2) is 10.2. The Morgan fingerprint density at radius 3 is 2.44 bits per heavy atom. The van der Waals surface area contributed by atoms with Crippen LogP contribution in [0.2, 0.25) is 5.15 Å². The lowest BCUT2D eigenvalue weighted by molar-refractivity contribution is -0.132. The number of esters is 1. The molecule has 3 aromatic rings. The molecule has 0 fully saturated rings. The smallest absolute Gasteiger partial charge is 0.308 e. The number of benzene rings is 2. The zero-order chi connectivity index (χ0) is 26.0. The van der Waals surface area contributed by atoms with Crippen LogP contribution < -0.4 is 19.5 Å². The molecule has 0 spiro atoms. The van der Waals surface area contributed by atoms with Crippen LogP contribution in [0.1, 0.15) is 52.9 Å². The second-order valence-corrected chi connectivity index (χ2v) is 9.68. The summed E-state index contributed by atoms with van der Waals surface area (Å²) in [6.45, 7) is 9.70. The lowest BCUT2D eigenvalue weighted by Crippen LogP contribution is -2.42. The monoisotopic (exact) mass is 508 g/mol. The number of anilines is 1. The van der Waals surface area contributed by atoms with E-state index in [-0.39, 0.29) is 11.9 Å². The average molecular weight is 509 g/mol. The fourth-order valence-corrected chi connectivity index (χ4v) is 4.38. The molecule has 0 saturated carbocycles. The Bertz CT molecular complexity index is 1310. The van der Waals surface area contributed by atoms with Crippen molar-refractivity contribution in [1.29, 1.82) is 0 Å². The van der Waals surface area contributed by atoms with E-state index in [0.29, 0.717) is 34.5 Å². The number of fused-ring (bicyclic) bond motifs is 1. The first-order valence-corrected chi connectivity index (χ1v) is 12.1. The maximum Gasteiger partial charge on any atom is 0.308 e. The number of aromatic nitrogens is 1. The molecule has 2 heterocycles. The standard InChI is InChI=1S/C28H29ClN2O5/c1-16-17(2)26-23(18(3)25(16)35-19(4)32)12-13-28(5,36-26)15-34-22-9-7-21(8-10-22)31-27(33)20-6-11-24(29)30-14-20/h6-11,14H,12-13,15H2,1-5H3,(H,31,33). The Balaban J connectivity index is 1.41. The minimum Gasteiger partial charge on any atom is -0.489 e. The molecule has 1 atom stereocenters. The summed E-state index contributed by atoms with van der Waals surface area (Å²) < 4.78 is 18.0. The van der Waals surface area contributed by atoms with Gasteiger partial charge in [-0.15, -0.1) is 0 Å². The van der Waals surface area contributed by atoms with Crippen LogP contribution in [0.25, 0.3) is 0 Å². The van der Waals surface area contributed by atoms with Crippen molar-refractivity contribution >= 4 is 29.2 Å². The lowest BCUT2D eigenvalue weighted by Gasteiger charge is -2.37. The zero-order valence-electron chi connectivity index (χ0n) is 21.0. The van der Waals surface area contributed by atoms with Crippen molar-refractivity contribution in [3.8, 4) is 17.2 Å². The van der Waals surface area contributed by atoms with E-state index in [2.05, 4.69) is 10.3 Å². The van der Waals surface area contributed by atoms with E-state index in [0.717, 1.165) is 40.8 Å². The molecular formula is C28H29ClN2O5. The fraction of sp³-hybridized carbons (Fsp3) is 0.321. The number of hydrogen-bond acceptors (Lipinski definition) is 6. The normalized spacial score (nSPS) is 16.5. The number of pyridine rings is 1. The number of carbonyl (C=O) groups excluding carboxylic acids is 2. The summed E-state index contributed by atoms with van der Waals surface area (Å²) in [4.78, 5) is 27.9. The maximum atomic E-state index is 12.4. The molecule has 1 amide bonds. The molecule has 1 aromatic heterocycles. The van der Waals surface area contributed by atoms with Crippen molar-refractivity contribution in [2.24, 2.45) is 0 Å². The van der Waals surface area contributed by atoms with E-state index in [1.54, 1.807) is 36.4 Å². The highest BCUT2D eigenvalue weighted by Crippen LogP contribution is 2.44. The van der Waals surface area contributed by atoms with Crippen LogP contribution in [-0.4, -0.2) is 29.1 Å². The van der Waals surface area contributed by atoms with Crippen LogP contribution in [0.5, 0.6) is 17.2 Å². The minimum absolute atomic E-state index is 0.271. The summed E-state index contributed by atoms with van der Waals surface area (Å²) in [5.74, 6) is 1.54. The number of hydrogen-bond donors (Lipinski definition) is 1. The molecule has 0 aliphatic carbocycles. The van der Waals surface area contributed by atoms with Crippen LogP contribution in [0, 0.1) is 20.8 Å². The lowest BCUT2D eigenvalue weighted by atomic mass is 9.87. The second-order valence-electron chi connectivity index (χ2n) is 9.29. The van der Waals surface area contributed by atoms with Crippen LogP contribution in [0.4, 0.5) is 5.69 Å².